The number of ether oxygens (including phenoxy) is 1. The van der Waals surface area contributed by atoms with Crippen LogP contribution >= 0.6 is 0 Å². The van der Waals surface area contributed by atoms with Crippen molar-refractivity contribution in [3.8, 4) is 5.75 Å². The number of ketones is 1. The van der Waals surface area contributed by atoms with Crippen molar-refractivity contribution in [2.24, 2.45) is 0 Å². The second-order valence-electron chi connectivity index (χ2n) is 4.85. The SMILES string of the molecule is O=C(O)CCCOc1ccc(C(=O)C=Cc2cccnc2)cc1. The van der Waals surface area contributed by atoms with Crippen molar-refractivity contribution in [3.05, 3.63) is 66.0 Å². The van der Waals surface area contributed by atoms with E-state index in [-0.39, 0.29) is 12.2 Å². The van der Waals surface area contributed by atoms with Crippen LogP contribution in [0.2, 0.25) is 0 Å². The van der Waals surface area contributed by atoms with E-state index in [0.717, 1.165) is 5.56 Å². The standard InChI is InChI=1S/C18H17NO4/c20-17(10-5-14-3-1-11-19-13-14)15-6-8-16(9-7-15)23-12-2-4-18(21)22/h1,3,5-11,13H,2,4,12H2,(H,21,22). The molecule has 2 rings (SSSR count). The van der Waals surface area contributed by atoms with Crippen LogP contribution in [0.1, 0.15) is 28.8 Å². The number of allylic oxidation sites excluding steroid dienone is 1. The predicted octanol–water partition coefficient (Wildman–Crippen LogP) is 3.22. The molecule has 0 amide bonds. The number of hydrogen-bond acceptors (Lipinski definition) is 4. The summed E-state index contributed by atoms with van der Waals surface area (Å²) in [5.41, 5.74) is 1.42. The van der Waals surface area contributed by atoms with Crippen LogP contribution in [0.3, 0.4) is 0 Å². The molecule has 23 heavy (non-hydrogen) atoms. The van der Waals surface area contributed by atoms with Crippen molar-refractivity contribution in [2.75, 3.05) is 6.61 Å². The van der Waals surface area contributed by atoms with E-state index in [1.165, 1.54) is 6.08 Å². The van der Waals surface area contributed by atoms with Gasteiger partial charge in [0.1, 0.15) is 5.75 Å². The molecule has 0 aliphatic carbocycles. The van der Waals surface area contributed by atoms with Gasteiger partial charge in [-0.1, -0.05) is 6.07 Å². The number of benzene rings is 1. The van der Waals surface area contributed by atoms with Crippen LogP contribution in [-0.4, -0.2) is 28.4 Å². The van der Waals surface area contributed by atoms with E-state index < -0.39 is 5.97 Å². The van der Waals surface area contributed by atoms with Gasteiger partial charge < -0.3 is 9.84 Å². The zero-order chi connectivity index (χ0) is 16.5. The van der Waals surface area contributed by atoms with Gasteiger partial charge in [-0.15, -0.1) is 0 Å². The molecule has 0 bridgehead atoms. The Morgan fingerprint density at radius 1 is 1.17 bits per heavy atom. The highest BCUT2D eigenvalue weighted by atomic mass is 16.5. The first kappa shape index (κ1) is 16.4. The number of aromatic nitrogens is 1. The Balaban J connectivity index is 1.87. The summed E-state index contributed by atoms with van der Waals surface area (Å²) in [6.45, 7) is 0.334. The Kier molecular flexibility index (Phi) is 6.06. The minimum absolute atomic E-state index is 0.0791. The summed E-state index contributed by atoms with van der Waals surface area (Å²) in [6, 6.07) is 10.4. The third-order valence-corrected chi connectivity index (χ3v) is 3.05. The van der Waals surface area contributed by atoms with E-state index in [1.54, 1.807) is 48.8 Å². The molecule has 0 radical (unpaired) electrons. The Morgan fingerprint density at radius 2 is 1.96 bits per heavy atom. The highest BCUT2D eigenvalue weighted by Gasteiger charge is 2.03. The smallest absolute Gasteiger partial charge is 0.303 e. The normalized spacial score (nSPS) is 10.6. The molecule has 0 aliphatic rings. The molecule has 1 aromatic carbocycles. The van der Waals surface area contributed by atoms with Crippen molar-refractivity contribution in [2.45, 2.75) is 12.8 Å². The molecule has 1 heterocycles. The van der Waals surface area contributed by atoms with Gasteiger partial charge in [0.25, 0.3) is 0 Å². The van der Waals surface area contributed by atoms with Gasteiger partial charge in [0.15, 0.2) is 5.78 Å². The fourth-order valence-corrected chi connectivity index (χ4v) is 1.87. The first-order chi connectivity index (χ1) is 11.1. The largest absolute Gasteiger partial charge is 0.494 e. The zero-order valence-electron chi connectivity index (χ0n) is 12.5. The van der Waals surface area contributed by atoms with Crippen molar-refractivity contribution in [3.63, 3.8) is 0 Å². The Bertz CT molecular complexity index is 678. The van der Waals surface area contributed by atoms with E-state index in [9.17, 15) is 9.59 Å². The van der Waals surface area contributed by atoms with E-state index in [2.05, 4.69) is 4.98 Å². The van der Waals surface area contributed by atoms with Gasteiger partial charge in [0.05, 0.1) is 6.61 Å². The summed E-state index contributed by atoms with van der Waals surface area (Å²) in [7, 11) is 0. The maximum Gasteiger partial charge on any atom is 0.303 e. The highest BCUT2D eigenvalue weighted by molar-refractivity contribution is 6.06. The number of pyridine rings is 1. The lowest BCUT2D eigenvalue weighted by Gasteiger charge is -2.05. The number of hydrogen-bond donors (Lipinski definition) is 1. The van der Waals surface area contributed by atoms with Gasteiger partial charge in [-0.05, 0) is 54.5 Å². The van der Waals surface area contributed by atoms with Gasteiger partial charge >= 0.3 is 5.97 Å². The number of aliphatic carboxylic acids is 1. The monoisotopic (exact) mass is 311 g/mol. The summed E-state index contributed by atoms with van der Waals surface area (Å²) in [5, 5.41) is 8.54. The third-order valence-electron chi connectivity index (χ3n) is 3.05. The lowest BCUT2D eigenvalue weighted by Crippen LogP contribution is -2.02. The van der Waals surface area contributed by atoms with Crippen LogP contribution in [-0.2, 0) is 4.79 Å². The quantitative estimate of drug-likeness (QED) is 0.460. The number of nitrogens with zero attached hydrogens (tertiary/aromatic N) is 1. The molecule has 0 unspecified atom stereocenters. The Labute approximate surface area is 134 Å². The second-order valence-corrected chi connectivity index (χ2v) is 4.85. The summed E-state index contributed by atoms with van der Waals surface area (Å²) >= 11 is 0. The molecular formula is C18H17NO4. The lowest BCUT2D eigenvalue weighted by molar-refractivity contribution is -0.137. The predicted molar refractivity (Wildman–Crippen MR) is 86.4 cm³/mol. The summed E-state index contributed by atoms with van der Waals surface area (Å²) in [6.07, 6.45) is 7.09. The van der Waals surface area contributed by atoms with Gasteiger partial charge in [0, 0.05) is 24.4 Å². The minimum atomic E-state index is -0.838. The average Bonchev–Trinajstić information content (AvgIpc) is 2.58. The summed E-state index contributed by atoms with van der Waals surface area (Å²) < 4.78 is 5.42. The van der Waals surface area contributed by atoms with Crippen LogP contribution in [0.15, 0.2) is 54.9 Å². The Hall–Kier alpha value is -2.95. The summed E-state index contributed by atoms with van der Waals surface area (Å²) in [5.74, 6) is -0.329. The molecule has 0 atom stereocenters. The average molecular weight is 311 g/mol. The maximum atomic E-state index is 12.1. The van der Waals surface area contributed by atoms with Crippen molar-refractivity contribution in [1.29, 1.82) is 0 Å². The number of carboxylic acids is 1. The van der Waals surface area contributed by atoms with Crippen LogP contribution in [0.25, 0.3) is 6.08 Å². The van der Waals surface area contributed by atoms with Crippen LogP contribution in [0.4, 0.5) is 0 Å². The zero-order valence-corrected chi connectivity index (χ0v) is 12.5. The molecule has 0 spiro atoms. The van der Waals surface area contributed by atoms with Gasteiger partial charge in [-0.2, -0.15) is 0 Å². The first-order valence-corrected chi connectivity index (χ1v) is 7.22. The first-order valence-electron chi connectivity index (χ1n) is 7.22. The third kappa shape index (κ3) is 5.74. The Morgan fingerprint density at radius 3 is 2.61 bits per heavy atom. The van der Waals surface area contributed by atoms with E-state index in [4.69, 9.17) is 9.84 Å². The molecule has 0 saturated heterocycles. The molecule has 118 valence electrons. The van der Waals surface area contributed by atoms with Crippen LogP contribution in [0.5, 0.6) is 5.75 Å². The van der Waals surface area contributed by atoms with E-state index >= 15 is 0 Å². The minimum Gasteiger partial charge on any atom is -0.494 e. The lowest BCUT2D eigenvalue weighted by atomic mass is 10.1. The van der Waals surface area contributed by atoms with Gasteiger partial charge in [0.2, 0.25) is 0 Å². The number of carboxylic acid groups (broad SMARTS) is 1. The van der Waals surface area contributed by atoms with Gasteiger partial charge in [-0.25, -0.2) is 0 Å². The molecule has 5 nitrogen and oxygen atoms in total. The molecule has 0 aliphatic heterocycles. The van der Waals surface area contributed by atoms with E-state index in [0.29, 0.717) is 24.3 Å². The molecule has 2 aromatic rings. The number of carbonyl (C=O) groups excluding carboxylic acids is 1. The van der Waals surface area contributed by atoms with Crippen molar-refractivity contribution in [1.82, 2.24) is 4.98 Å². The molecular weight excluding hydrogens is 294 g/mol. The van der Waals surface area contributed by atoms with Crippen LogP contribution < -0.4 is 4.74 Å². The number of rotatable bonds is 8. The molecule has 0 fully saturated rings. The molecule has 1 N–H and O–H groups in total. The fraction of sp³-hybridized carbons (Fsp3) is 0.167. The molecule has 0 saturated carbocycles. The topological polar surface area (TPSA) is 76.5 Å². The second kappa shape index (κ2) is 8.48. The molecule has 5 heteroatoms. The van der Waals surface area contributed by atoms with E-state index in [1.807, 2.05) is 6.07 Å². The number of carbonyl (C=O) groups is 2. The highest BCUT2D eigenvalue weighted by Crippen LogP contribution is 2.14. The van der Waals surface area contributed by atoms with Crippen LogP contribution in [0, 0.1) is 0 Å². The summed E-state index contributed by atoms with van der Waals surface area (Å²) in [4.78, 5) is 26.4. The fourth-order valence-electron chi connectivity index (χ4n) is 1.87. The molecule has 1 aromatic heterocycles. The van der Waals surface area contributed by atoms with Crippen molar-refractivity contribution >= 4 is 17.8 Å². The maximum absolute atomic E-state index is 12.1. The van der Waals surface area contributed by atoms with Crippen molar-refractivity contribution < 1.29 is 19.4 Å². The van der Waals surface area contributed by atoms with Gasteiger partial charge in [-0.3, -0.25) is 14.6 Å².